The molecule has 2 N–H and O–H groups in total. The van der Waals surface area contributed by atoms with Crippen LogP contribution in [0.3, 0.4) is 0 Å². The summed E-state index contributed by atoms with van der Waals surface area (Å²) in [4.78, 5) is 14.4. The third-order valence-electron chi connectivity index (χ3n) is 4.54. The number of nitrogens with one attached hydrogen (secondary N) is 2. The second-order valence-corrected chi connectivity index (χ2v) is 6.75. The van der Waals surface area contributed by atoms with E-state index in [4.69, 9.17) is 0 Å². The highest BCUT2D eigenvalue weighted by atomic mass is 16.2. The molecule has 26 heavy (non-hydrogen) atoms. The van der Waals surface area contributed by atoms with Gasteiger partial charge in [0.05, 0.1) is 6.04 Å². The van der Waals surface area contributed by atoms with E-state index in [2.05, 4.69) is 51.9 Å². The quantitative estimate of drug-likeness (QED) is 0.710. The van der Waals surface area contributed by atoms with Crippen molar-refractivity contribution < 1.29 is 4.79 Å². The largest absolute Gasteiger partial charge is 0.336 e. The molecule has 0 aromatic heterocycles. The first kappa shape index (κ1) is 18.0. The Kier molecular flexibility index (Phi) is 5.54. The van der Waals surface area contributed by atoms with Gasteiger partial charge in [-0.15, -0.1) is 0 Å². The fourth-order valence-electron chi connectivity index (χ4n) is 3.20. The summed E-state index contributed by atoms with van der Waals surface area (Å²) < 4.78 is 0. The Morgan fingerprint density at radius 1 is 1.00 bits per heavy atom. The highest BCUT2D eigenvalue weighted by Crippen LogP contribution is 2.26. The van der Waals surface area contributed by atoms with Crippen molar-refractivity contribution in [3.63, 3.8) is 0 Å². The minimum Gasteiger partial charge on any atom is -0.336 e. The molecule has 3 aromatic carbocycles. The topological polar surface area (TPSA) is 44.4 Å². The standard InChI is InChI=1S/C22H25N3O/c1-16-8-6-11-18(14-16)24-22(26)23-15-21(25(2)3)20-13-7-10-17-9-4-5-12-19(17)20/h4-14,21H,15H2,1-3H3,(H2,23,24,26)/t21-/m0/s1. The van der Waals surface area contributed by atoms with Gasteiger partial charge in [0.1, 0.15) is 0 Å². The molecule has 0 saturated carbocycles. The van der Waals surface area contributed by atoms with Crippen LogP contribution in [0.25, 0.3) is 10.8 Å². The number of anilines is 1. The third-order valence-corrected chi connectivity index (χ3v) is 4.54. The van der Waals surface area contributed by atoms with Gasteiger partial charge in [-0.2, -0.15) is 0 Å². The third kappa shape index (κ3) is 4.21. The molecule has 0 aliphatic rings. The molecule has 0 spiro atoms. The predicted molar refractivity (Wildman–Crippen MR) is 109 cm³/mol. The Morgan fingerprint density at radius 3 is 2.50 bits per heavy atom. The van der Waals surface area contributed by atoms with E-state index in [9.17, 15) is 4.79 Å². The zero-order chi connectivity index (χ0) is 18.5. The number of hydrogen-bond acceptors (Lipinski definition) is 2. The van der Waals surface area contributed by atoms with Crippen molar-refractivity contribution in [1.29, 1.82) is 0 Å². The molecule has 2 amide bonds. The molecule has 0 aliphatic heterocycles. The van der Waals surface area contributed by atoms with Crippen molar-refractivity contribution in [2.75, 3.05) is 26.0 Å². The number of nitrogens with zero attached hydrogens (tertiary/aromatic N) is 1. The van der Waals surface area contributed by atoms with Gasteiger partial charge in [0, 0.05) is 12.2 Å². The number of benzene rings is 3. The number of carbonyl (C=O) groups is 1. The number of urea groups is 1. The van der Waals surface area contributed by atoms with Gasteiger partial charge in [-0.1, -0.05) is 54.6 Å². The molecule has 0 bridgehead atoms. The summed E-state index contributed by atoms with van der Waals surface area (Å²) in [5, 5.41) is 8.33. The lowest BCUT2D eigenvalue weighted by atomic mass is 9.98. The predicted octanol–water partition coefficient (Wildman–Crippen LogP) is 4.57. The van der Waals surface area contributed by atoms with E-state index in [0.29, 0.717) is 6.54 Å². The van der Waals surface area contributed by atoms with Crippen LogP contribution in [0.15, 0.2) is 66.7 Å². The van der Waals surface area contributed by atoms with Crippen molar-refractivity contribution in [2.45, 2.75) is 13.0 Å². The fraction of sp³-hybridized carbons (Fsp3) is 0.227. The first-order valence-electron chi connectivity index (χ1n) is 8.80. The van der Waals surface area contributed by atoms with E-state index in [-0.39, 0.29) is 12.1 Å². The molecule has 0 aliphatic carbocycles. The van der Waals surface area contributed by atoms with Gasteiger partial charge >= 0.3 is 6.03 Å². The van der Waals surface area contributed by atoms with Crippen LogP contribution < -0.4 is 10.6 Å². The van der Waals surface area contributed by atoms with E-state index in [1.165, 1.54) is 16.3 Å². The number of hydrogen-bond donors (Lipinski definition) is 2. The second kappa shape index (κ2) is 8.02. The Labute approximate surface area is 154 Å². The number of carbonyl (C=O) groups excluding carboxylic acids is 1. The van der Waals surface area contributed by atoms with Gasteiger partial charge < -0.3 is 15.5 Å². The minimum atomic E-state index is -0.192. The van der Waals surface area contributed by atoms with Crippen LogP contribution in [0.1, 0.15) is 17.2 Å². The second-order valence-electron chi connectivity index (χ2n) is 6.75. The first-order valence-corrected chi connectivity index (χ1v) is 8.80. The van der Waals surface area contributed by atoms with Crippen LogP contribution >= 0.6 is 0 Å². The maximum atomic E-state index is 12.3. The summed E-state index contributed by atoms with van der Waals surface area (Å²) in [5.41, 5.74) is 3.13. The van der Waals surface area contributed by atoms with E-state index in [1.807, 2.05) is 51.4 Å². The molecule has 3 aromatic rings. The lowest BCUT2D eigenvalue weighted by Crippen LogP contribution is -2.37. The van der Waals surface area contributed by atoms with E-state index in [1.54, 1.807) is 0 Å². The summed E-state index contributed by atoms with van der Waals surface area (Å²) in [6.07, 6.45) is 0. The van der Waals surface area contributed by atoms with Gasteiger partial charge in [-0.25, -0.2) is 4.79 Å². The van der Waals surface area contributed by atoms with Crippen molar-refractivity contribution in [1.82, 2.24) is 10.2 Å². The van der Waals surface area contributed by atoms with Crippen LogP contribution in [0.5, 0.6) is 0 Å². The zero-order valence-electron chi connectivity index (χ0n) is 15.5. The van der Waals surface area contributed by atoms with Crippen molar-refractivity contribution in [3.8, 4) is 0 Å². The highest BCUT2D eigenvalue weighted by molar-refractivity contribution is 5.89. The SMILES string of the molecule is Cc1cccc(NC(=O)NC[C@@H](c2cccc3ccccc23)N(C)C)c1. The summed E-state index contributed by atoms with van der Waals surface area (Å²) in [5.74, 6) is 0. The van der Waals surface area contributed by atoms with Crippen LogP contribution in [0, 0.1) is 6.92 Å². The van der Waals surface area contributed by atoms with Crippen molar-refractivity contribution >= 4 is 22.5 Å². The summed E-state index contributed by atoms with van der Waals surface area (Å²) >= 11 is 0. The molecule has 1 atom stereocenters. The molecule has 0 fully saturated rings. The molecule has 4 heteroatoms. The molecule has 0 heterocycles. The van der Waals surface area contributed by atoms with Crippen LogP contribution in [-0.2, 0) is 0 Å². The molecule has 0 radical (unpaired) electrons. The average molecular weight is 347 g/mol. The Hall–Kier alpha value is -2.85. The molecule has 4 nitrogen and oxygen atoms in total. The molecule has 0 saturated heterocycles. The lowest BCUT2D eigenvalue weighted by molar-refractivity contribution is 0.243. The molecule has 134 valence electrons. The molecular weight excluding hydrogens is 322 g/mol. The highest BCUT2D eigenvalue weighted by Gasteiger charge is 2.17. The fourth-order valence-corrected chi connectivity index (χ4v) is 3.20. The Morgan fingerprint density at radius 2 is 1.73 bits per heavy atom. The Balaban J connectivity index is 1.74. The summed E-state index contributed by atoms with van der Waals surface area (Å²) in [7, 11) is 4.07. The number of aryl methyl sites for hydroxylation is 1. The monoisotopic (exact) mass is 347 g/mol. The zero-order valence-corrected chi connectivity index (χ0v) is 15.5. The van der Waals surface area contributed by atoms with Crippen LogP contribution in [-0.4, -0.2) is 31.6 Å². The number of fused-ring (bicyclic) bond motifs is 1. The summed E-state index contributed by atoms with van der Waals surface area (Å²) in [6.45, 7) is 2.53. The maximum absolute atomic E-state index is 12.3. The van der Waals surface area contributed by atoms with Crippen LogP contribution in [0.4, 0.5) is 10.5 Å². The summed E-state index contributed by atoms with van der Waals surface area (Å²) in [6, 6.07) is 22.3. The van der Waals surface area contributed by atoms with Crippen LogP contribution in [0.2, 0.25) is 0 Å². The normalized spacial score (nSPS) is 12.2. The number of rotatable bonds is 5. The molecular formula is C22H25N3O. The van der Waals surface area contributed by atoms with Gasteiger partial charge in [0.15, 0.2) is 0 Å². The van der Waals surface area contributed by atoms with Crippen molar-refractivity contribution in [2.24, 2.45) is 0 Å². The minimum absolute atomic E-state index is 0.0874. The first-order chi connectivity index (χ1) is 12.5. The Bertz CT molecular complexity index is 899. The lowest BCUT2D eigenvalue weighted by Gasteiger charge is -2.26. The molecule has 3 rings (SSSR count). The van der Waals surface area contributed by atoms with Crippen molar-refractivity contribution in [3.05, 3.63) is 77.9 Å². The van der Waals surface area contributed by atoms with Gasteiger partial charge in [0.2, 0.25) is 0 Å². The maximum Gasteiger partial charge on any atom is 0.319 e. The molecule has 0 unspecified atom stereocenters. The van der Waals surface area contributed by atoms with Gasteiger partial charge in [0.25, 0.3) is 0 Å². The van der Waals surface area contributed by atoms with E-state index in [0.717, 1.165) is 11.3 Å². The van der Waals surface area contributed by atoms with E-state index < -0.39 is 0 Å². The average Bonchev–Trinajstić information content (AvgIpc) is 2.62. The smallest absolute Gasteiger partial charge is 0.319 e. The van der Waals surface area contributed by atoms with Gasteiger partial charge in [-0.05, 0) is 55.1 Å². The van der Waals surface area contributed by atoms with E-state index >= 15 is 0 Å². The number of likely N-dealkylation sites (N-methyl/N-ethyl adjacent to an activating group) is 1. The number of amides is 2. The van der Waals surface area contributed by atoms with Gasteiger partial charge in [-0.3, -0.25) is 0 Å².